The zero-order valence-electron chi connectivity index (χ0n) is 19.7. The second-order valence-corrected chi connectivity index (χ2v) is 9.06. The van der Waals surface area contributed by atoms with E-state index in [0.29, 0.717) is 53.2 Å². The molecule has 5 rings (SSSR count). The minimum absolute atomic E-state index is 0.0971. The van der Waals surface area contributed by atoms with Crippen LogP contribution < -0.4 is 16.4 Å². The summed E-state index contributed by atoms with van der Waals surface area (Å²) in [5, 5.41) is 0. The average Bonchev–Trinajstić information content (AvgIpc) is 3.15. The Bertz CT molecular complexity index is 1400. The first-order chi connectivity index (χ1) is 16.8. The Morgan fingerprint density at radius 1 is 1.03 bits per heavy atom. The number of imidazole rings is 1. The molecule has 6 nitrogen and oxygen atoms in total. The highest BCUT2D eigenvalue weighted by atomic mass is 19.2. The molecule has 1 fully saturated rings. The Kier molecular flexibility index (Phi) is 5.88. The molecule has 0 atom stereocenters. The Morgan fingerprint density at radius 2 is 1.74 bits per heavy atom. The third kappa shape index (κ3) is 4.10. The van der Waals surface area contributed by atoms with Crippen molar-refractivity contribution in [1.82, 2.24) is 14.5 Å². The molecule has 4 aromatic rings. The van der Waals surface area contributed by atoms with Crippen LogP contribution in [0.15, 0.2) is 36.5 Å². The highest BCUT2D eigenvalue weighted by Gasteiger charge is 2.28. The quantitative estimate of drug-likeness (QED) is 0.428. The molecule has 4 N–H and O–H groups in total. The standard InChI is InChI=1S/C26H27F3N6/c1-3-35-22-12-20(29)19(28)11-21(22)33-26(35)23-24(34-6-4-17(30)5-7-34)18(13-32-25(23)31)15-8-14(2)9-16(27)10-15/h8-13,17H,3-7,30H2,1-2H3,(H2,31,32). The first-order valence-corrected chi connectivity index (χ1v) is 11.7. The molecule has 0 bridgehead atoms. The van der Waals surface area contributed by atoms with Gasteiger partial charge in [0.1, 0.15) is 17.5 Å². The molecule has 0 amide bonds. The van der Waals surface area contributed by atoms with Crippen molar-refractivity contribution in [3.05, 3.63) is 59.5 Å². The predicted molar refractivity (Wildman–Crippen MR) is 133 cm³/mol. The molecule has 0 radical (unpaired) electrons. The van der Waals surface area contributed by atoms with Gasteiger partial charge in [0.2, 0.25) is 0 Å². The number of halogens is 3. The van der Waals surface area contributed by atoms with Gasteiger partial charge in [0.25, 0.3) is 0 Å². The van der Waals surface area contributed by atoms with Crippen LogP contribution in [0.1, 0.15) is 25.3 Å². The number of hydrogen-bond acceptors (Lipinski definition) is 5. The lowest BCUT2D eigenvalue weighted by molar-refractivity contribution is 0.501. The van der Waals surface area contributed by atoms with Gasteiger partial charge in [-0.3, -0.25) is 0 Å². The van der Waals surface area contributed by atoms with E-state index in [-0.39, 0.29) is 17.7 Å². The molecule has 35 heavy (non-hydrogen) atoms. The molecule has 1 saturated heterocycles. The maximum absolute atomic E-state index is 14.4. The topological polar surface area (TPSA) is 86.0 Å². The number of piperidine rings is 1. The van der Waals surface area contributed by atoms with E-state index in [1.54, 1.807) is 10.8 Å². The minimum Gasteiger partial charge on any atom is -0.383 e. The molecule has 0 aliphatic carbocycles. The van der Waals surface area contributed by atoms with Gasteiger partial charge in [-0.15, -0.1) is 0 Å². The lowest BCUT2D eigenvalue weighted by Gasteiger charge is -2.35. The van der Waals surface area contributed by atoms with E-state index in [1.807, 2.05) is 19.9 Å². The molecule has 0 saturated carbocycles. The van der Waals surface area contributed by atoms with Gasteiger partial charge in [-0.25, -0.2) is 23.1 Å². The Hall–Kier alpha value is -3.59. The highest BCUT2D eigenvalue weighted by molar-refractivity contribution is 5.96. The highest BCUT2D eigenvalue weighted by Crippen LogP contribution is 2.43. The normalized spacial score (nSPS) is 14.7. The Balaban J connectivity index is 1.82. The fourth-order valence-electron chi connectivity index (χ4n) is 4.92. The Morgan fingerprint density at radius 3 is 2.43 bits per heavy atom. The van der Waals surface area contributed by atoms with E-state index in [2.05, 4.69) is 14.9 Å². The fraction of sp³-hybridized carbons (Fsp3) is 0.308. The van der Waals surface area contributed by atoms with Crippen LogP contribution in [0.3, 0.4) is 0 Å². The van der Waals surface area contributed by atoms with E-state index in [0.717, 1.165) is 36.2 Å². The van der Waals surface area contributed by atoms with Crippen LogP contribution in [0.2, 0.25) is 0 Å². The molecule has 0 spiro atoms. The number of anilines is 2. The fourth-order valence-corrected chi connectivity index (χ4v) is 4.92. The molecule has 3 heterocycles. The predicted octanol–water partition coefficient (Wildman–Crippen LogP) is 5.02. The van der Waals surface area contributed by atoms with Crippen LogP contribution in [0.25, 0.3) is 33.5 Å². The van der Waals surface area contributed by atoms with E-state index in [1.165, 1.54) is 12.1 Å². The largest absolute Gasteiger partial charge is 0.383 e. The molecule has 0 unspecified atom stereocenters. The van der Waals surface area contributed by atoms with Crippen LogP contribution in [0.5, 0.6) is 0 Å². The second kappa shape index (κ2) is 8.88. The van der Waals surface area contributed by atoms with Crippen molar-refractivity contribution in [2.75, 3.05) is 23.7 Å². The number of hydrogen-bond donors (Lipinski definition) is 2. The van der Waals surface area contributed by atoms with E-state index >= 15 is 0 Å². The summed E-state index contributed by atoms with van der Waals surface area (Å²) in [6.45, 7) is 5.53. The second-order valence-electron chi connectivity index (χ2n) is 9.06. The summed E-state index contributed by atoms with van der Waals surface area (Å²) in [5.41, 5.74) is 16.9. The van der Waals surface area contributed by atoms with Gasteiger partial charge in [0, 0.05) is 49.6 Å². The van der Waals surface area contributed by atoms with Crippen molar-refractivity contribution >= 4 is 22.5 Å². The van der Waals surface area contributed by atoms with Gasteiger partial charge in [0.05, 0.1) is 22.3 Å². The summed E-state index contributed by atoms with van der Waals surface area (Å²) >= 11 is 0. The summed E-state index contributed by atoms with van der Waals surface area (Å²) in [6, 6.07) is 7.16. The van der Waals surface area contributed by atoms with Gasteiger partial charge < -0.3 is 20.9 Å². The van der Waals surface area contributed by atoms with Crippen LogP contribution >= 0.6 is 0 Å². The zero-order chi connectivity index (χ0) is 24.9. The third-order valence-electron chi connectivity index (χ3n) is 6.62. The van der Waals surface area contributed by atoms with Crippen LogP contribution in [0.4, 0.5) is 24.7 Å². The van der Waals surface area contributed by atoms with Crippen molar-refractivity contribution in [3.8, 4) is 22.5 Å². The van der Waals surface area contributed by atoms with Gasteiger partial charge in [0.15, 0.2) is 11.6 Å². The number of benzene rings is 2. The smallest absolute Gasteiger partial charge is 0.161 e. The number of nitrogens with zero attached hydrogens (tertiary/aromatic N) is 4. The van der Waals surface area contributed by atoms with Gasteiger partial charge in [-0.05, 0) is 49.9 Å². The third-order valence-corrected chi connectivity index (χ3v) is 6.62. The van der Waals surface area contributed by atoms with Crippen molar-refractivity contribution < 1.29 is 13.2 Å². The van der Waals surface area contributed by atoms with E-state index < -0.39 is 11.6 Å². The maximum atomic E-state index is 14.4. The zero-order valence-corrected chi connectivity index (χ0v) is 19.7. The SMILES string of the molecule is CCn1c(-c2c(N)ncc(-c3cc(C)cc(F)c3)c2N2CCC(N)CC2)nc2cc(F)c(F)cc21. The van der Waals surface area contributed by atoms with Crippen molar-refractivity contribution in [3.63, 3.8) is 0 Å². The summed E-state index contributed by atoms with van der Waals surface area (Å²) in [6.07, 6.45) is 3.21. The number of nitrogens with two attached hydrogens (primary N) is 2. The molecule has 182 valence electrons. The summed E-state index contributed by atoms with van der Waals surface area (Å²) in [7, 11) is 0. The minimum atomic E-state index is -0.967. The molecule has 1 aliphatic heterocycles. The summed E-state index contributed by atoms with van der Waals surface area (Å²) < 4.78 is 44.4. The molecule has 1 aliphatic rings. The summed E-state index contributed by atoms with van der Waals surface area (Å²) in [4.78, 5) is 11.3. The van der Waals surface area contributed by atoms with E-state index in [9.17, 15) is 13.2 Å². The van der Waals surface area contributed by atoms with Crippen molar-refractivity contribution in [2.45, 2.75) is 39.3 Å². The molecular formula is C26H27F3N6. The Labute approximate surface area is 201 Å². The number of nitrogen functional groups attached to an aromatic ring is 1. The van der Waals surface area contributed by atoms with Crippen molar-refractivity contribution in [1.29, 1.82) is 0 Å². The molecule has 9 heteroatoms. The molecular weight excluding hydrogens is 453 g/mol. The first kappa shape index (κ1) is 23.2. The van der Waals surface area contributed by atoms with Crippen molar-refractivity contribution in [2.24, 2.45) is 5.73 Å². The lowest BCUT2D eigenvalue weighted by atomic mass is 9.96. The van der Waals surface area contributed by atoms with Gasteiger partial charge in [-0.1, -0.05) is 6.07 Å². The number of aromatic nitrogens is 3. The number of aryl methyl sites for hydroxylation is 2. The van der Waals surface area contributed by atoms with Gasteiger partial charge in [-0.2, -0.15) is 0 Å². The van der Waals surface area contributed by atoms with Crippen LogP contribution in [-0.2, 0) is 6.54 Å². The monoisotopic (exact) mass is 480 g/mol. The first-order valence-electron chi connectivity index (χ1n) is 11.7. The number of pyridine rings is 1. The van der Waals surface area contributed by atoms with E-state index in [4.69, 9.17) is 11.5 Å². The number of rotatable bonds is 4. The average molecular weight is 481 g/mol. The number of fused-ring (bicyclic) bond motifs is 1. The van der Waals surface area contributed by atoms with Crippen LogP contribution in [-0.4, -0.2) is 33.7 Å². The van der Waals surface area contributed by atoms with Gasteiger partial charge >= 0.3 is 0 Å². The van der Waals surface area contributed by atoms with Crippen LogP contribution in [0, 0.1) is 24.4 Å². The maximum Gasteiger partial charge on any atom is 0.161 e. The lowest BCUT2D eigenvalue weighted by Crippen LogP contribution is -2.40. The summed E-state index contributed by atoms with van der Waals surface area (Å²) in [5.74, 6) is -1.57. The molecule has 2 aromatic heterocycles. The molecule has 2 aromatic carbocycles.